The number of rotatable bonds is 8. The van der Waals surface area contributed by atoms with E-state index in [0.717, 1.165) is 13.2 Å². The number of likely N-dealkylation sites (tertiary alicyclic amines) is 2. The fourth-order valence-corrected chi connectivity index (χ4v) is 6.40. The fraction of sp³-hybridized carbons (Fsp3) is 0.444. The Bertz CT molecular complexity index is 1520. The highest BCUT2D eigenvalue weighted by molar-refractivity contribution is 7.11. The molecular weight excluding hydrogens is 599 g/mol. The average Bonchev–Trinajstić information content (AvgIpc) is 3.65. The van der Waals surface area contributed by atoms with Crippen LogP contribution in [0.1, 0.15) is 36.9 Å². The fourth-order valence-electron chi connectivity index (χ4n) is 5.55. The van der Waals surface area contributed by atoms with Gasteiger partial charge in [-0.1, -0.05) is 17.7 Å². The number of esters is 1. The van der Waals surface area contributed by atoms with E-state index in [2.05, 4.69) is 15.3 Å². The van der Waals surface area contributed by atoms with Gasteiger partial charge in [0.25, 0.3) is 5.91 Å². The predicted octanol–water partition coefficient (Wildman–Crippen LogP) is 3.33. The summed E-state index contributed by atoms with van der Waals surface area (Å²) in [7, 11) is 1.15. The number of carboxylic acids is 1. The Balaban J connectivity index is 1.54. The van der Waals surface area contributed by atoms with Gasteiger partial charge in [0.2, 0.25) is 5.67 Å². The number of nitrogens with one attached hydrogen (secondary N) is 1. The molecule has 3 aliphatic rings. The zero-order chi connectivity index (χ0) is 30.6. The molecule has 2 saturated heterocycles. The summed E-state index contributed by atoms with van der Waals surface area (Å²) in [4.78, 5) is 49.7. The minimum Gasteiger partial charge on any atom is -0.481 e. The second-order valence-corrected chi connectivity index (χ2v) is 12.2. The number of amidine groups is 1. The number of thiazole rings is 1. The van der Waals surface area contributed by atoms with Gasteiger partial charge in [0.05, 0.1) is 29.2 Å². The molecule has 3 atom stereocenters. The molecule has 2 aromatic rings. The van der Waals surface area contributed by atoms with E-state index in [1.54, 1.807) is 10.3 Å². The zero-order valence-electron chi connectivity index (χ0n) is 22.8. The van der Waals surface area contributed by atoms with E-state index in [0.29, 0.717) is 5.01 Å². The molecule has 3 aliphatic heterocycles. The van der Waals surface area contributed by atoms with Gasteiger partial charge in [-0.15, -0.1) is 11.3 Å². The summed E-state index contributed by atoms with van der Waals surface area (Å²) in [5.74, 6) is -4.99. The van der Waals surface area contributed by atoms with Crippen LogP contribution in [0.2, 0.25) is 5.02 Å². The van der Waals surface area contributed by atoms with Crippen molar-refractivity contribution in [3.8, 4) is 0 Å². The van der Waals surface area contributed by atoms with Crippen LogP contribution in [0.15, 0.2) is 40.0 Å². The Morgan fingerprint density at radius 2 is 2.07 bits per heavy atom. The zero-order valence-corrected chi connectivity index (χ0v) is 24.4. The molecule has 0 aliphatic carbocycles. The summed E-state index contributed by atoms with van der Waals surface area (Å²) < 4.78 is 49.7. The lowest BCUT2D eigenvalue weighted by atomic mass is 9.93. The summed E-state index contributed by atoms with van der Waals surface area (Å²) in [6.07, 6.45) is 1.41. The van der Waals surface area contributed by atoms with Crippen LogP contribution in [0.4, 0.5) is 13.2 Å². The van der Waals surface area contributed by atoms with Gasteiger partial charge in [-0.2, -0.15) is 0 Å². The highest BCUT2D eigenvalue weighted by Gasteiger charge is 2.61. The minimum absolute atomic E-state index is 0.00315. The summed E-state index contributed by atoms with van der Waals surface area (Å²) in [5, 5.41) is 14.2. The first-order valence-electron chi connectivity index (χ1n) is 12.9. The summed E-state index contributed by atoms with van der Waals surface area (Å²) in [6, 6.07) is -0.0668. The maximum atomic E-state index is 16.2. The molecule has 42 heavy (non-hydrogen) atoms. The third-order valence-corrected chi connectivity index (χ3v) is 8.98. The molecule has 3 unspecified atom stereocenters. The summed E-state index contributed by atoms with van der Waals surface area (Å²) in [5.41, 5.74) is -3.37. The van der Waals surface area contributed by atoms with Crippen molar-refractivity contribution in [2.24, 2.45) is 10.4 Å². The molecule has 10 nitrogen and oxygen atoms in total. The molecule has 5 rings (SSSR count). The third-order valence-electron chi connectivity index (χ3n) is 7.82. The molecule has 1 amide bonds. The van der Waals surface area contributed by atoms with E-state index in [9.17, 15) is 28.3 Å². The number of aliphatic imine (C=N–C) groups is 1. The monoisotopic (exact) mass is 625 g/mol. The Labute approximate surface area is 247 Å². The van der Waals surface area contributed by atoms with Crippen molar-refractivity contribution in [2.45, 2.75) is 38.0 Å². The first kappa shape index (κ1) is 30.0. The number of amides is 1. The number of carbonyl (C=O) groups excluding carboxylic acids is 2. The minimum atomic E-state index is -2.25. The SMILES string of the molecule is COC(=O)C1=C(CN2CCC3(F)C(=O)N(CC(C)(C)C(=O)O)CC23)NC(c2nccs2)=NC1c1ccc(F)c(F)c1Cl. The summed E-state index contributed by atoms with van der Waals surface area (Å²) in [6.45, 7) is 2.76. The van der Waals surface area contributed by atoms with E-state index >= 15 is 4.39 Å². The van der Waals surface area contributed by atoms with Crippen LogP contribution >= 0.6 is 22.9 Å². The number of aromatic nitrogens is 1. The van der Waals surface area contributed by atoms with Crippen molar-refractivity contribution in [1.82, 2.24) is 20.1 Å². The molecule has 0 radical (unpaired) electrons. The Morgan fingerprint density at radius 3 is 2.71 bits per heavy atom. The van der Waals surface area contributed by atoms with Crippen LogP contribution in [0, 0.1) is 17.0 Å². The van der Waals surface area contributed by atoms with Crippen LogP contribution in [0.3, 0.4) is 0 Å². The van der Waals surface area contributed by atoms with E-state index in [1.807, 2.05) is 0 Å². The first-order valence-corrected chi connectivity index (χ1v) is 14.2. The molecule has 2 N–H and O–H groups in total. The summed E-state index contributed by atoms with van der Waals surface area (Å²) >= 11 is 7.43. The van der Waals surface area contributed by atoms with Gasteiger partial charge in [0.1, 0.15) is 6.04 Å². The van der Waals surface area contributed by atoms with Gasteiger partial charge in [0.15, 0.2) is 22.5 Å². The molecule has 224 valence electrons. The Morgan fingerprint density at radius 1 is 1.33 bits per heavy atom. The number of ether oxygens (including phenoxy) is 1. The number of hydrogen-bond donors (Lipinski definition) is 2. The molecule has 0 saturated carbocycles. The Kier molecular flexibility index (Phi) is 7.83. The van der Waals surface area contributed by atoms with Crippen molar-refractivity contribution in [3.63, 3.8) is 0 Å². The van der Waals surface area contributed by atoms with Crippen molar-refractivity contribution >= 4 is 46.6 Å². The number of carbonyl (C=O) groups is 3. The molecule has 0 spiro atoms. The second-order valence-electron chi connectivity index (χ2n) is 11.0. The van der Waals surface area contributed by atoms with Gasteiger partial charge in [-0.25, -0.2) is 22.9 Å². The molecule has 0 bridgehead atoms. The highest BCUT2D eigenvalue weighted by Crippen LogP contribution is 2.43. The Hall–Kier alpha value is -3.49. The quantitative estimate of drug-likeness (QED) is 0.338. The molecule has 1 aromatic heterocycles. The lowest BCUT2D eigenvalue weighted by Crippen LogP contribution is -2.45. The normalized spacial score (nSPS) is 24.5. The van der Waals surface area contributed by atoms with Crippen molar-refractivity contribution in [2.75, 3.05) is 33.3 Å². The topological polar surface area (TPSA) is 124 Å². The molecule has 1 aromatic carbocycles. The van der Waals surface area contributed by atoms with Gasteiger partial charge < -0.3 is 20.1 Å². The molecule has 4 heterocycles. The van der Waals surface area contributed by atoms with Crippen molar-refractivity contribution < 1.29 is 37.4 Å². The number of aliphatic carboxylic acids is 1. The van der Waals surface area contributed by atoms with Crippen molar-refractivity contribution in [1.29, 1.82) is 0 Å². The van der Waals surface area contributed by atoms with Crippen LogP contribution in [-0.4, -0.2) is 88.6 Å². The number of hydrogen-bond acceptors (Lipinski definition) is 9. The maximum Gasteiger partial charge on any atom is 0.338 e. The first-order chi connectivity index (χ1) is 19.8. The lowest BCUT2D eigenvalue weighted by Gasteiger charge is -2.32. The van der Waals surface area contributed by atoms with Crippen LogP contribution < -0.4 is 5.32 Å². The molecule has 15 heteroatoms. The van der Waals surface area contributed by atoms with Crippen LogP contribution in [0.25, 0.3) is 0 Å². The number of alkyl halides is 1. The van der Waals surface area contributed by atoms with Crippen LogP contribution in [-0.2, 0) is 19.1 Å². The van der Waals surface area contributed by atoms with Crippen molar-refractivity contribution in [3.05, 3.63) is 62.2 Å². The average molecular weight is 626 g/mol. The van der Waals surface area contributed by atoms with E-state index in [1.165, 1.54) is 42.3 Å². The lowest BCUT2D eigenvalue weighted by molar-refractivity contribution is -0.150. The standard InChI is InChI=1S/C27H27ClF3N5O5S/c1-26(2,25(39)40)12-36-11-16-27(31,24(36)38)6-8-35(16)10-15-17(23(37)41-3)20(13-4-5-14(29)19(30)18(13)28)34-21(33-15)22-32-7-9-42-22/h4-5,7,9,16,20H,6,8,10-12H2,1-3H3,(H,33,34)(H,39,40). The number of halogens is 4. The number of methoxy groups -OCH3 is 1. The van der Waals surface area contributed by atoms with Gasteiger partial charge in [-0.3, -0.25) is 19.5 Å². The number of fused-ring (bicyclic) bond motifs is 1. The number of benzene rings is 1. The number of carboxylic acid groups (broad SMARTS) is 1. The van der Waals surface area contributed by atoms with E-state index in [-0.39, 0.29) is 55.3 Å². The smallest absolute Gasteiger partial charge is 0.338 e. The predicted molar refractivity (Wildman–Crippen MR) is 147 cm³/mol. The third kappa shape index (κ3) is 5.05. The second kappa shape index (κ2) is 11.0. The van der Waals surface area contributed by atoms with E-state index in [4.69, 9.17) is 16.3 Å². The largest absolute Gasteiger partial charge is 0.481 e. The van der Waals surface area contributed by atoms with Crippen LogP contribution in [0.5, 0.6) is 0 Å². The van der Waals surface area contributed by atoms with E-state index < -0.39 is 57.7 Å². The maximum absolute atomic E-state index is 16.2. The number of nitrogens with zero attached hydrogens (tertiary/aromatic N) is 4. The van der Waals surface area contributed by atoms with Gasteiger partial charge in [-0.05, 0) is 19.9 Å². The molecular formula is C27H27ClF3N5O5S. The van der Waals surface area contributed by atoms with Gasteiger partial charge >= 0.3 is 11.9 Å². The molecule has 2 fully saturated rings. The van der Waals surface area contributed by atoms with Gasteiger partial charge in [0, 0.05) is 55.4 Å². The highest BCUT2D eigenvalue weighted by atomic mass is 35.5.